The second kappa shape index (κ2) is 8.52. The molecular weight excluding hydrogens is 380 g/mol. The van der Waals surface area contributed by atoms with E-state index in [1.165, 1.54) is 11.6 Å². The minimum Gasteiger partial charge on any atom is -0.346 e. The summed E-state index contributed by atoms with van der Waals surface area (Å²) in [6.07, 6.45) is 1.86. The Morgan fingerprint density at radius 3 is 2.21 bits per heavy atom. The lowest BCUT2D eigenvalue weighted by Crippen LogP contribution is -2.26. The van der Waals surface area contributed by atoms with Crippen LogP contribution >= 0.6 is 0 Å². The standard InChI is InChI=1S/C20H24N2O5S/c1-13(2)11-15-5-7-16(8-6-15)14(3)21-20(23)17-9-10-19(28(4,26)27)18(12-17)22(24)25/h5-10,12-14H,11H2,1-4H3,(H,21,23). The van der Waals surface area contributed by atoms with Crippen LogP contribution in [0.3, 0.4) is 0 Å². The Balaban J connectivity index is 2.20. The van der Waals surface area contributed by atoms with Crippen LogP contribution in [0.25, 0.3) is 0 Å². The number of nitrogens with one attached hydrogen (secondary N) is 1. The van der Waals surface area contributed by atoms with Crippen molar-refractivity contribution in [1.29, 1.82) is 0 Å². The molecule has 0 aliphatic rings. The number of nitro benzene ring substituents is 1. The van der Waals surface area contributed by atoms with Crippen LogP contribution in [0.1, 0.15) is 48.3 Å². The van der Waals surface area contributed by atoms with Crippen LogP contribution in [0.15, 0.2) is 47.4 Å². The lowest BCUT2D eigenvalue weighted by atomic mass is 10.00. The van der Waals surface area contributed by atoms with Gasteiger partial charge in [-0.2, -0.15) is 0 Å². The first-order chi connectivity index (χ1) is 13.0. The van der Waals surface area contributed by atoms with Crippen molar-refractivity contribution in [2.75, 3.05) is 6.26 Å². The number of hydrogen-bond donors (Lipinski definition) is 1. The van der Waals surface area contributed by atoms with Gasteiger partial charge in [-0.15, -0.1) is 0 Å². The lowest BCUT2D eigenvalue weighted by molar-refractivity contribution is -0.387. The van der Waals surface area contributed by atoms with Crippen LogP contribution in [-0.4, -0.2) is 25.5 Å². The van der Waals surface area contributed by atoms with Gasteiger partial charge in [0.1, 0.15) is 4.90 Å². The number of sulfone groups is 1. The topological polar surface area (TPSA) is 106 Å². The SMILES string of the molecule is CC(C)Cc1ccc(C(C)NC(=O)c2ccc(S(C)(=O)=O)c([N+](=O)[O-])c2)cc1. The predicted molar refractivity (Wildman–Crippen MR) is 107 cm³/mol. The summed E-state index contributed by atoms with van der Waals surface area (Å²) in [7, 11) is -3.77. The molecule has 0 aliphatic carbocycles. The molecular formula is C20H24N2O5S. The van der Waals surface area contributed by atoms with Crippen LogP contribution in [0, 0.1) is 16.0 Å². The number of amides is 1. The third-order valence-electron chi connectivity index (χ3n) is 4.29. The van der Waals surface area contributed by atoms with Gasteiger partial charge < -0.3 is 5.32 Å². The molecule has 2 aromatic carbocycles. The summed E-state index contributed by atoms with van der Waals surface area (Å²) in [6, 6.07) is 11.0. The molecule has 0 radical (unpaired) electrons. The van der Waals surface area contributed by atoms with Crippen LogP contribution in [0.2, 0.25) is 0 Å². The van der Waals surface area contributed by atoms with Gasteiger partial charge in [-0.25, -0.2) is 8.42 Å². The molecule has 1 unspecified atom stereocenters. The number of benzene rings is 2. The molecule has 0 heterocycles. The Kier molecular flexibility index (Phi) is 6.56. The van der Waals surface area contributed by atoms with E-state index in [1.54, 1.807) is 0 Å². The van der Waals surface area contributed by atoms with Crippen molar-refractivity contribution < 1.29 is 18.1 Å². The first-order valence-electron chi connectivity index (χ1n) is 8.87. The molecule has 1 atom stereocenters. The van der Waals surface area contributed by atoms with E-state index in [0.717, 1.165) is 30.4 Å². The molecule has 7 nitrogen and oxygen atoms in total. The van der Waals surface area contributed by atoms with E-state index in [0.29, 0.717) is 5.92 Å². The van der Waals surface area contributed by atoms with Gasteiger partial charge in [0.2, 0.25) is 0 Å². The molecule has 0 bridgehead atoms. The smallest absolute Gasteiger partial charge is 0.288 e. The summed E-state index contributed by atoms with van der Waals surface area (Å²) in [5.41, 5.74) is 1.54. The van der Waals surface area contributed by atoms with E-state index >= 15 is 0 Å². The number of hydrogen-bond acceptors (Lipinski definition) is 5. The van der Waals surface area contributed by atoms with Gasteiger partial charge in [0.25, 0.3) is 11.6 Å². The van der Waals surface area contributed by atoms with Crippen LogP contribution in [0.4, 0.5) is 5.69 Å². The van der Waals surface area contributed by atoms with Crippen LogP contribution in [-0.2, 0) is 16.3 Å². The largest absolute Gasteiger partial charge is 0.346 e. The Hall–Kier alpha value is -2.74. The zero-order valence-electron chi connectivity index (χ0n) is 16.3. The fourth-order valence-electron chi connectivity index (χ4n) is 2.89. The summed E-state index contributed by atoms with van der Waals surface area (Å²) in [4.78, 5) is 22.5. The second-order valence-corrected chi connectivity index (χ2v) is 9.23. The van der Waals surface area contributed by atoms with Gasteiger partial charge in [0.15, 0.2) is 9.84 Å². The number of nitrogens with zero attached hydrogens (tertiary/aromatic N) is 1. The number of rotatable bonds is 7. The third-order valence-corrected chi connectivity index (χ3v) is 5.43. The Morgan fingerprint density at radius 2 is 1.71 bits per heavy atom. The van der Waals surface area contributed by atoms with Crippen molar-refractivity contribution in [1.82, 2.24) is 5.32 Å². The fraction of sp³-hybridized carbons (Fsp3) is 0.350. The van der Waals surface area contributed by atoms with Crippen molar-refractivity contribution >= 4 is 21.4 Å². The van der Waals surface area contributed by atoms with Crippen molar-refractivity contribution in [3.63, 3.8) is 0 Å². The molecule has 150 valence electrons. The zero-order valence-corrected chi connectivity index (χ0v) is 17.1. The first kappa shape index (κ1) is 21.6. The van der Waals surface area contributed by atoms with Gasteiger partial charge in [0.05, 0.1) is 11.0 Å². The summed E-state index contributed by atoms with van der Waals surface area (Å²) in [6.45, 7) is 6.10. The maximum Gasteiger partial charge on any atom is 0.288 e. The first-order valence-corrected chi connectivity index (χ1v) is 10.8. The summed E-state index contributed by atoms with van der Waals surface area (Å²) in [5, 5.41) is 14.0. The van der Waals surface area contributed by atoms with Crippen LogP contribution in [0.5, 0.6) is 0 Å². The van der Waals surface area contributed by atoms with Crippen molar-refractivity contribution in [2.45, 2.75) is 38.1 Å². The fourth-order valence-corrected chi connectivity index (χ4v) is 3.72. The molecule has 0 saturated heterocycles. The Bertz CT molecular complexity index is 982. The molecule has 0 aliphatic heterocycles. The van der Waals surface area contributed by atoms with Crippen LogP contribution < -0.4 is 5.32 Å². The average Bonchev–Trinajstić information content (AvgIpc) is 2.60. The minimum absolute atomic E-state index is 0.0300. The molecule has 1 N–H and O–H groups in total. The molecule has 8 heteroatoms. The Labute approximate surface area is 164 Å². The number of carbonyl (C=O) groups excluding carboxylic acids is 1. The zero-order chi connectivity index (χ0) is 21.1. The van der Waals surface area contributed by atoms with E-state index in [1.807, 2.05) is 31.2 Å². The average molecular weight is 404 g/mol. The van der Waals surface area contributed by atoms with Crippen molar-refractivity contribution in [3.8, 4) is 0 Å². The normalized spacial score (nSPS) is 12.6. The molecule has 0 aromatic heterocycles. The summed E-state index contributed by atoms with van der Waals surface area (Å²) >= 11 is 0. The highest BCUT2D eigenvalue weighted by molar-refractivity contribution is 7.90. The molecule has 0 fully saturated rings. The van der Waals surface area contributed by atoms with Crippen molar-refractivity contribution in [2.24, 2.45) is 5.92 Å². The third kappa shape index (κ3) is 5.39. The van der Waals surface area contributed by atoms with Gasteiger partial charge in [-0.05, 0) is 42.5 Å². The molecule has 2 rings (SSSR count). The summed E-state index contributed by atoms with van der Waals surface area (Å²) in [5.74, 6) is 0.0376. The molecule has 28 heavy (non-hydrogen) atoms. The van der Waals surface area contributed by atoms with Gasteiger partial charge in [0, 0.05) is 17.9 Å². The molecule has 0 saturated carbocycles. The van der Waals surface area contributed by atoms with E-state index in [4.69, 9.17) is 0 Å². The Morgan fingerprint density at radius 1 is 1.11 bits per heavy atom. The van der Waals surface area contributed by atoms with Gasteiger partial charge in [-0.1, -0.05) is 38.1 Å². The van der Waals surface area contributed by atoms with Crippen molar-refractivity contribution in [3.05, 3.63) is 69.3 Å². The van der Waals surface area contributed by atoms with E-state index in [-0.39, 0.29) is 11.6 Å². The number of nitro groups is 1. The minimum atomic E-state index is -3.77. The summed E-state index contributed by atoms with van der Waals surface area (Å²) < 4.78 is 23.4. The van der Waals surface area contributed by atoms with Gasteiger partial charge >= 0.3 is 0 Å². The predicted octanol–water partition coefficient (Wildman–Crippen LogP) is 3.69. The molecule has 2 aromatic rings. The highest BCUT2D eigenvalue weighted by atomic mass is 32.2. The quantitative estimate of drug-likeness (QED) is 0.559. The van der Waals surface area contributed by atoms with E-state index in [2.05, 4.69) is 19.2 Å². The van der Waals surface area contributed by atoms with E-state index in [9.17, 15) is 23.3 Å². The molecule has 0 spiro atoms. The highest BCUT2D eigenvalue weighted by Crippen LogP contribution is 2.25. The molecule has 1 amide bonds. The monoisotopic (exact) mass is 404 g/mol. The maximum atomic E-state index is 12.5. The maximum absolute atomic E-state index is 12.5. The lowest BCUT2D eigenvalue weighted by Gasteiger charge is -2.15. The van der Waals surface area contributed by atoms with E-state index < -0.39 is 31.3 Å². The second-order valence-electron chi connectivity index (χ2n) is 7.25. The highest BCUT2D eigenvalue weighted by Gasteiger charge is 2.24. The van der Waals surface area contributed by atoms with Gasteiger partial charge in [-0.3, -0.25) is 14.9 Å². The number of carbonyl (C=O) groups is 1.